The highest BCUT2D eigenvalue weighted by atomic mass is 16.3. The van der Waals surface area contributed by atoms with Gasteiger partial charge in [-0.1, -0.05) is 30.3 Å². The molecule has 1 atom stereocenters. The molecule has 2 rings (SSSR count). The molecule has 1 amide bonds. The van der Waals surface area contributed by atoms with Gasteiger partial charge in [0.15, 0.2) is 0 Å². The van der Waals surface area contributed by atoms with Gasteiger partial charge in [-0.3, -0.25) is 9.48 Å². The molecule has 0 bridgehead atoms. The molecular formula is C17H23N3O2. The largest absolute Gasteiger partial charge is 0.391 e. The first-order valence-corrected chi connectivity index (χ1v) is 7.45. The van der Waals surface area contributed by atoms with E-state index >= 15 is 0 Å². The summed E-state index contributed by atoms with van der Waals surface area (Å²) in [5.74, 6) is -0.0914. The minimum Gasteiger partial charge on any atom is -0.391 e. The van der Waals surface area contributed by atoms with Gasteiger partial charge < -0.3 is 10.4 Å². The SMILES string of the molecule is Cc1nn(C)c(C)c1CC(=O)NCC(O)Cc1ccccc1. The van der Waals surface area contributed by atoms with E-state index in [4.69, 9.17) is 0 Å². The monoisotopic (exact) mass is 301 g/mol. The molecule has 1 aromatic heterocycles. The Morgan fingerprint density at radius 2 is 2.00 bits per heavy atom. The number of carbonyl (C=O) groups is 1. The van der Waals surface area contributed by atoms with Crippen LogP contribution in [0.25, 0.3) is 0 Å². The van der Waals surface area contributed by atoms with Crippen molar-refractivity contribution in [3.8, 4) is 0 Å². The fourth-order valence-corrected chi connectivity index (χ4v) is 2.49. The molecule has 0 aliphatic carbocycles. The molecule has 0 spiro atoms. The van der Waals surface area contributed by atoms with Gasteiger partial charge in [-0.25, -0.2) is 0 Å². The number of aryl methyl sites for hydroxylation is 2. The lowest BCUT2D eigenvalue weighted by molar-refractivity contribution is -0.120. The van der Waals surface area contributed by atoms with E-state index < -0.39 is 6.10 Å². The summed E-state index contributed by atoms with van der Waals surface area (Å²) in [6.07, 6.45) is 0.248. The molecule has 1 aromatic carbocycles. The number of hydrogen-bond donors (Lipinski definition) is 2. The average Bonchev–Trinajstić information content (AvgIpc) is 2.73. The highest BCUT2D eigenvalue weighted by Gasteiger charge is 2.14. The molecule has 0 aliphatic heterocycles. The maximum Gasteiger partial charge on any atom is 0.224 e. The van der Waals surface area contributed by atoms with Gasteiger partial charge in [0.1, 0.15) is 0 Å². The quantitative estimate of drug-likeness (QED) is 0.845. The Bertz CT molecular complexity index is 635. The van der Waals surface area contributed by atoms with E-state index in [1.807, 2.05) is 51.2 Å². The summed E-state index contributed by atoms with van der Waals surface area (Å²) < 4.78 is 1.78. The number of amides is 1. The normalized spacial score (nSPS) is 12.2. The molecule has 118 valence electrons. The third-order valence-corrected chi connectivity index (χ3v) is 3.85. The van der Waals surface area contributed by atoms with Crippen molar-refractivity contribution < 1.29 is 9.90 Å². The van der Waals surface area contributed by atoms with E-state index in [0.29, 0.717) is 12.8 Å². The summed E-state index contributed by atoms with van der Waals surface area (Å²) in [7, 11) is 1.87. The minimum atomic E-state index is -0.581. The van der Waals surface area contributed by atoms with Crippen LogP contribution in [0.4, 0.5) is 0 Å². The Morgan fingerprint density at radius 3 is 2.59 bits per heavy atom. The van der Waals surface area contributed by atoms with Crippen molar-refractivity contribution in [3.63, 3.8) is 0 Å². The smallest absolute Gasteiger partial charge is 0.224 e. The van der Waals surface area contributed by atoms with Gasteiger partial charge >= 0.3 is 0 Å². The molecule has 0 saturated carbocycles. The van der Waals surface area contributed by atoms with Crippen molar-refractivity contribution in [1.82, 2.24) is 15.1 Å². The zero-order chi connectivity index (χ0) is 16.1. The van der Waals surface area contributed by atoms with Crippen molar-refractivity contribution in [2.45, 2.75) is 32.8 Å². The predicted octanol–water partition coefficient (Wildman–Crippen LogP) is 1.30. The number of nitrogens with zero attached hydrogens (tertiary/aromatic N) is 2. The van der Waals surface area contributed by atoms with Crippen molar-refractivity contribution in [2.75, 3.05) is 6.54 Å². The summed E-state index contributed by atoms with van der Waals surface area (Å²) in [6.45, 7) is 4.11. The highest BCUT2D eigenvalue weighted by Crippen LogP contribution is 2.12. The average molecular weight is 301 g/mol. The first-order valence-electron chi connectivity index (χ1n) is 7.45. The maximum absolute atomic E-state index is 12.0. The van der Waals surface area contributed by atoms with Gasteiger partial charge in [0.05, 0.1) is 18.2 Å². The van der Waals surface area contributed by atoms with Crippen molar-refractivity contribution in [1.29, 1.82) is 0 Å². The first-order chi connectivity index (χ1) is 10.5. The molecule has 2 N–H and O–H groups in total. The number of hydrogen-bond acceptors (Lipinski definition) is 3. The number of nitrogens with one attached hydrogen (secondary N) is 1. The Labute approximate surface area is 131 Å². The second-order valence-corrected chi connectivity index (χ2v) is 5.60. The third-order valence-electron chi connectivity index (χ3n) is 3.85. The Kier molecular flexibility index (Phi) is 5.33. The van der Waals surface area contributed by atoms with Crippen LogP contribution in [0.5, 0.6) is 0 Å². The van der Waals surface area contributed by atoms with Crippen LogP contribution in [-0.4, -0.2) is 33.4 Å². The van der Waals surface area contributed by atoms with E-state index in [9.17, 15) is 9.90 Å². The number of benzene rings is 1. The summed E-state index contributed by atoms with van der Waals surface area (Å²) in [5, 5.41) is 17.1. The van der Waals surface area contributed by atoms with Crippen LogP contribution in [0.2, 0.25) is 0 Å². The number of aliphatic hydroxyl groups is 1. The number of carbonyl (C=O) groups excluding carboxylic acids is 1. The van der Waals surface area contributed by atoms with E-state index in [1.165, 1.54) is 0 Å². The number of aromatic nitrogens is 2. The fourth-order valence-electron chi connectivity index (χ4n) is 2.49. The Morgan fingerprint density at radius 1 is 1.32 bits per heavy atom. The Hall–Kier alpha value is -2.14. The molecule has 0 saturated heterocycles. The van der Waals surface area contributed by atoms with Crippen LogP contribution < -0.4 is 5.32 Å². The standard InChI is InChI=1S/C17H23N3O2/c1-12-16(13(2)20(3)19-12)10-17(22)18-11-15(21)9-14-7-5-4-6-8-14/h4-8,15,21H,9-11H2,1-3H3,(H,18,22). The zero-order valence-corrected chi connectivity index (χ0v) is 13.3. The molecule has 1 unspecified atom stereocenters. The van der Waals surface area contributed by atoms with Crippen LogP contribution in [0.15, 0.2) is 30.3 Å². The van der Waals surface area contributed by atoms with Gasteiger partial charge in [-0.2, -0.15) is 5.10 Å². The number of rotatable bonds is 6. The molecule has 2 aromatic rings. The van der Waals surface area contributed by atoms with Crippen LogP contribution in [0.3, 0.4) is 0 Å². The van der Waals surface area contributed by atoms with E-state index in [-0.39, 0.29) is 12.5 Å². The summed E-state index contributed by atoms with van der Waals surface area (Å²) in [6, 6.07) is 9.75. The van der Waals surface area contributed by atoms with Crippen molar-refractivity contribution in [2.24, 2.45) is 7.05 Å². The molecule has 22 heavy (non-hydrogen) atoms. The summed E-state index contributed by atoms with van der Waals surface area (Å²) in [4.78, 5) is 12.0. The zero-order valence-electron chi connectivity index (χ0n) is 13.3. The first kappa shape index (κ1) is 16.2. The Balaban J connectivity index is 1.82. The van der Waals surface area contributed by atoms with E-state index in [1.54, 1.807) is 4.68 Å². The molecular weight excluding hydrogens is 278 g/mol. The molecule has 5 heteroatoms. The fraction of sp³-hybridized carbons (Fsp3) is 0.412. The lowest BCUT2D eigenvalue weighted by Crippen LogP contribution is -2.34. The van der Waals surface area contributed by atoms with E-state index in [0.717, 1.165) is 22.5 Å². The van der Waals surface area contributed by atoms with Crippen LogP contribution >= 0.6 is 0 Å². The maximum atomic E-state index is 12.0. The second-order valence-electron chi connectivity index (χ2n) is 5.60. The summed E-state index contributed by atoms with van der Waals surface area (Å²) in [5.41, 5.74) is 3.89. The van der Waals surface area contributed by atoms with Gasteiger partial charge in [-0.15, -0.1) is 0 Å². The van der Waals surface area contributed by atoms with Crippen molar-refractivity contribution >= 4 is 5.91 Å². The molecule has 0 aliphatic rings. The lowest BCUT2D eigenvalue weighted by Gasteiger charge is -2.12. The third kappa shape index (κ3) is 4.18. The highest BCUT2D eigenvalue weighted by molar-refractivity contribution is 5.79. The van der Waals surface area contributed by atoms with Crippen LogP contribution in [-0.2, 0) is 24.7 Å². The second kappa shape index (κ2) is 7.22. The lowest BCUT2D eigenvalue weighted by atomic mass is 10.1. The molecule has 0 fully saturated rings. The van der Waals surface area contributed by atoms with Gasteiger partial charge in [0, 0.05) is 31.3 Å². The van der Waals surface area contributed by atoms with Crippen LogP contribution in [0.1, 0.15) is 22.5 Å². The van der Waals surface area contributed by atoms with Crippen molar-refractivity contribution in [3.05, 3.63) is 52.8 Å². The van der Waals surface area contributed by atoms with Gasteiger partial charge in [-0.05, 0) is 19.4 Å². The topological polar surface area (TPSA) is 67.2 Å². The van der Waals surface area contributed by atoms with Gasteiger partial charge in [0.25, 0.3) is 0 Å². The van der Waals surface area contributed by atoms with Crippen LogP contribution in [0, 0.1) is 13.8 Å². The molecule has 5 nitrogen and oxygen atoms in total. The van der Waals surface area contributed by atoms with E-state index in [2.05, 4.69) is 10.4 Å². The predicted molar refractivity (Wildman–Crippen MR) is 85.5 cm³/mol. The molecule has 0 radical (unpaired) electrons. The van der Waals surface area contributed by atoms with Gasteiger partial charge in [0.2, 0.25) is 5.91 Å². The summed E-state index contributed by atoms with van der Waals surface area (Å²) >= 11 is 0. The number of aliphatic hydroxyl groups excluding tert-OH is 1. The molecule has 1 heterocycles. The minimum absolute atomic E-state index is 0.0914.